The van der Waals surface area contributed by atoms with Gasteiger partial charge in [0.1, 0.15) is 0 Å². The Balaban J connectivity index is 1.67. The summed E-state index contributed by atoms with van der Waals surface area (Å²) < 4.78 is 5.73. The predicted molar refractivity (Wildman–Crippen MR) is 75.1 cm³/mol. The van der Waals surface area contributed by atoms with Crippen LogP contribution in [0.15, 0.2) is 23.4 Å². The summed E-state index contributed by atoms with van der Waals surface area (Å²) in [5.41, 5.74) is 3.44. The predicted octanol–water partition coefficient (Wildman–Crippen LogP) is 3.53. The third kappa shape index (κ3) is 2.70. The Morgan fingerprint density at radius 3 is 3.22 bits per heavy atom. The van der Waals surface area contributed by atoms with E-state index in [0.717, 1.165) is 28.5 Å². The van der Waals surface area contributed by atoms with Crippen molar-refractivity contribution in [2.45, 2.75) is 37.4 Å². The zero-order valence-corrected chi connectivity index (χ0v) is 11.4. The molecule has 0 saturated carbocycles. The van der Waals surface area contributed by atoms with Gasteiger partial charge in [-0.1, -0.05) is 17.8 Å². The number of benzene rings is 1. The summed E-state index contributed by atoms with van der Waals surface area (Å²) in [4.78, 5) is 7.96. The Morgan fingerprint density at radius 2 is 2.39 bits per heavy atom. The fraction of sp³-hybridized carbons (Fsp3) is 0.500. The molecule has 2 aromatic rings. The molecule has 1 aromatic carbocycles. The number of aryl methyl sites for hydroxylation is 1. The van der Waals surface area contributed by atoms with Crippen molar-refractivity contribution in [1.82, 2.24) is 9.97 Å². The van der Waals surface area contributed by atoms with E-state index in [-0.39, 0.29) is 0 Å². The van der Waals surface area contributed by atoms with Crippen LogP contribution in [-0.2, 0) is 4.74 Å². The number of fused-ring (bicyclic) bond motifs is 1. The van der Waals surface area contributed by atoms with Gasteiger partial charge in [-0.15, -0.1) is 0 Å². The Bertz CT molecular complexity index is 532. The van der Waals surface area contributed by atoms with Crippen LogP contribution in [0.5, 0.6) is 0 Å². The molecule has 1 saturated heterocycles. The minimum atomic E-state index is 0.402. The maximum absolute atomic E-state index is 5.73. The highest BCUT2D eigenvalue weighted by Crippen LogP contribution is 2.24. The zero-order chi connectivity index (χ0) is 12.4. The lowest BCUT2D eigenvalue weighted by Crippen LogP contribution is -2.21. The number of nitrogens with one attached hydrogen (secondary N) is 1. The molecule has 1 fully saturated rings. The molecule has 1 aliphatic heterocycles. The SMILES string of the molecule is Cc1ccc2nc(SC[C@H]3CCCCO3)[nH]c2c1. The smallest absolute Gasteiger partial charge is 0.166 e. The molecule has 3 rings (SSSR count). The number of hydrogen-bond acceptors (Lipinski definition) is 3. The second-order valence-electron chi connectivity index (χ2n) is 4.86. The normalized spacial score (nSPS) is 20.4. The second kappa shape index (κ2) is 5.33. The van der Waals surface area contributed by atoms with E-state index in [0.29, 0.717) is 6.10 Å². The molecule has 0 bridgehead atoms. The minimum Gasteiger partial charge on any atom is -0.377 e. The van der Waals surface area contributed by atoms with Crippen LogP contribution in [0.3, 0.4) is 0 Å². The van der Waals surface area contributed by atoms with Gasteiger partial charge in [-0.05, 0) is 43.9 Å². The van der Waals surface area contributed by atoms with Crippen molar-refractivity contribution in [2.75, 3.05) is 12.4 Å². The molecule has 4 heteroatoms. The van der Waals surface area contributed by atoms with E-state index in [2.05, 4.69) is 35.1 Å². The van der Waals surface area contributed by atoms with E-state index in [1.54, 1.807) is 11.8 Å². The van der Waals surface area contributed by atoms with Gasteiger partial charge in [0.05, 0.1) is 17.1 Å². The lowest BCUT2D eigenvalue weighted by atomic mass is 10.1. The summed E-state index contributed by atoms with van der Waals surface area (Å²) in [6, 6.07) is 6.31. The molecule has 0 unspecified atom stereocenters. The fourth-order valence-corrected chi connectivity index (χ4v) is 3.23. The van der Waals surface area contributed by atoms with Crippen molar-refractivity contribution >= 4 is 22.8 Å². The van der Waals surface area contributed by atoms with Crippen LogP contribution in [0.4, 0.5) is 0 Å². The fourth-order valence-electron chi connectivity index (χ4n) is 2.28. The first-order chi connectivity index (χ1) is 8.81. The highest BCUT2D eigenvalue weighted by Gasteiger charge is 2.15. The molecule has 0 aliphatic carbocycles. The Labute approximate surface area is 111 Å². The van der Waals surface area contributed by atoms with Gasteiger partial charge in [0.15, 0.2) is 5.16 Å². The van der Waals surface area contributed by atoms with Gasteiger partial charge in [-0.2, -0.15) is 0 Å². The van der Waals surface area contributed by atoms with Crippen molar-refractivity contribution in [3.63, 3.8) is 0 Å². The average Bonchev–Trinajstić information content (AvgIpc) is 2.79. The van der Waals surface area contributed by atoms with E-state index < -0.39 is 0 Å². The maximum atomic E-state index is 5.73. The molecule has 1 N–H and O–H groups in total. The molecule has 3 nitrogen and oxygen atoms in total. The van der Waals surface area contributed by atoms with Crippen LogP contribution in [0.1, 0.15) is 24.8 Å². The van der Waals surface area contributed by atoms with Crippen LogP contribution in [0.2, 0.25) is 0 Å². The highest BCUT2D eigenvalue weighted by atomic mass is 32.2. The first-order valence-electron chi connectivity index (χ1n) is 6.52. The standard InChI is InChI=1S/C14H18N2OS/c1-10-5-6-12-13(8-10)16-14(15-12)18-9-11-4-2-3-7-17-11/h5-6,8,11H,2-4,7,9H2,1H3,(H,15,16)/t11-/m1/s1. The average molecular weight is 262 g/mol. The van der Waals surface area contributed by atoms with E-state index in [4.69, 9.17) is 4.74 Å². The second-order valence-corrected chi connectivity index (χ2v) is 5.87. The van der Waals surface area contributed by atoms with E-state index in [1.807, 2.05) is 0 Å². The number of nitrogens with zero attached hydrogens (tertiary/aromatic N) is 1. The monoisotopic (exact) mass is 262 g/mol. The Kier molecular flexibility index (Phi) is 3.57. The van der Waals surface area contributed by atoms with E-state index >= 15 is 0 Å². The van der Waals surface area contributed by atoms with Crippen LogP contribution >= 0.6 is 11.8 Å². The Hall–Kier alpha value is -1.00. The topological polar surface area (TPSA) is 37.9 Å². The van der Waals surface area contributed by atoms with E-state index in [9.17, 15) is 0 Å². The van der Waals surface area contributed by atoms with Gasteiger partial charge >= 0.3 is 0 Å². The largest absolute Gasteiger partial charge is 0.377 e. The van der Waals surface area contributed by atoms with E-state index in [1.165, 1.54) is 24.8 Å². The van der Waals surface area contributed by atoms with Crippen molar-refractivity contribution in [2.24, 2.45) is 0 Å². The highest BCUT2D eigenvalue weighted by molar-refractivity contribution is 7.99. The van der Waals surface area contributed by atoms with Crippen LogP contribution in [0.25, 0.3) is 11.0 Å². The van der Waals surface area contributed by atoms with Crippen LogP contribution in [-0.4, -0.2) is 28.4 Å². The van der Waals surface area contributed by atoms with Gasteiger partial charge in [0.2, 0.25) is 0 Å². The van der Waals surface area contributed by atoms with Crippen molar-refractivity contribution in [3.8, 4) is 0 Å². The lowest BCUT2D eigenvalue weighted by molar-refractivity contribution is 0.0315. The number of H-pyrrole nitrogens is 1. The van der Waals surface area contributed by atoms with Gasteiger partial charge < -0.3 is 9.72 Å². The molecule has 0 amide bonds. The number of hydrogen-bond donors (Lipinski definition) is 1. The number of aromatic amines is 1. The Morgan fingerprint density at radius 1 is 1.44 bits per heavy atom. The summed E-state index contributed by atoms with van der Waals surface area (Å²) in [6.45, 7) is 3.02. The van der Waals surface area contributed by atoms with Crippen LogP contribution < -0.4 is 0 Å². The molecule has 2 heterocycles. The summed E-state index contributed by atoms with van der Waals surface area (Å²) in [6.07, 6.45) is 4.10. The van der Waals surface area contributed by atoms with Gasteiger partial charge in [0, 0.05) is 12.4 Å². The van der Waals surface area contributed by atoms with Gasteiger partial charge in [0.25, 0.3) is 0 Å². The quantitative estimate of drug-likeness (QED) is 0.860. The molecule has 0 spiro atoms. The summed E-state index contributed by atoms with van der Waals surface area (Å²) in [5, 5.41) is 1.00. The number of aromatic nitrogens is 2. The molecule has 0 radical (unpaired) electrons. The molecule has 18 heavy (non-hydrogen) atoms. The number of ether oxygens (including phenoxy) is 1. The molecule has 1 aromatic heterocycles. The minimum absolute atomic E-state index is 0.402. The molecule has 1 aliphatic rings. The van der Waals surface area contributed by atoms with Crippen molar-refractivity contribution < 1.29 is 4.74 Å². The molecular formula is C14H18N2OS. The van der Waals surface area contributed by atoms with Gasteiger partial charge in [-0.25, -0.2) is 4.98 Å². The van der Waals surface area contributed by atoms with Crippen molar-refractivity contribution in [3.05, 3.63) is 23.8 Å². The molecule has 1 atom stereocenters. The number of imidazole rings is 1. The molecular weight excluding hydrogens is 244 g/mol. The maximum Gasteiger partial charge on any atom is 0.166 e. The summed E-state index contributed by atoms with van der Waals surface area (Å²) in [7, 11) is 0. The first-order valence-corrected chi connectivity index (χ1v) is 7.50. The number of thioether (sulfide) groups is 1. The van der Waals surface area contributed by atoms with Crippen LogP contribution in [0, 0.1) is 6.92 Å². The van der Waals surface area contributed by atoms with Gasteiger partial charge in [-0.3, -0.25) is 0 Å². The number of rotatable bonds is 3. The van der Waals surface area contributed by atoms with Crippen molar-refractivity contribution in [1.29, 1.82) is 0 Å². The third-order valence-electron chi connectivity index (χ3n) is 3.30. The first kappa shape index (κ1) is 12.1. The third-order valence-corrected chi connectivity index (χ3v) is 4.30. The lowest BCUT2D eigenvalue weighted by Gasteiger charge is -2.21. The summed E-state index contributed by atoms with van der Waals surface area (Å²) >= 11 is 1.77. The molecule has 96 valence electrons. The summed E-state index contributed by atoms with van der Waals surface area (Å²) in [5.74, 6) is 0.999. The zero-order valence-electron chi connectivity index (χ0n) is 10.6.